The minimum atomic E-state index is -1.24. The van der Waals surface area contributed by atoms with Crippen molar-refractivity contribution < 1.29 is 0 Å². The lowest BCUT2D eigenvalue weighted by Gasteiger charge is -2.67. The Balaban J connectivity index is 6.97. The van der Waals surface area contributed by atoms with Gasteiger partial charge in [-0.15, -0.1) is 0 Å². The van der Waals surface area contributed by atoms with Crippen LogP contribution < -0.4 is 0 Å². The van der Waals surface area contributed by atoms with Gasteiger partial charge in [0.15, 0.2) is 0 Å². The number of hydrogen-bond donors (Lipinski definition) is 0. The Labute approximate surface area is 155 Å². The summed E-state index contributed by atoms with van der Waals surface area (Å²) in [5, 5.41) is 0. The van der Waals surface area contributed by atoms with E-state index in [0.717, 1.165) is 0 Å². The molecule has 0 heterocycles. The molecule has 0 radical (unpaired) electrons. The van der Waals surface area contributed by atoms with Gasteiger partial charge in [-0.1, -0.05) is 105 Å². The van der Waals surface area contributed by atoms with Crippen LogP contribution in [0.2, 0.25) is 105 Å². The lowest BCUT2D eigenvalue weighted by molar-refractivity contribution is 1.71. The van der Waals surface area contributed by atoms with Gasteiger partial charge in [0, 0.05) is 50.7 Å². The van der Waals surface area contributed by atoms with Crippen molar-refractivity contribution in [3.63, 3.8) is 0 Å². The van der Waals surface area contributed by atoms with E-state index in [2.05, 4.69) is 105 Å². The smallest absolute Gasteiger partial charge is 0.0351 e. The van der Waals surface area contributed by atoms with Crippen LogP contribution in [0.15, 0.2) is 0 Å². The van der Waals surface area contributed by atoms with Gasteiger partial charge in [-0.3, -0.25) is 0 Å². The van der Waals surface area contributed by atoms with E-state index in [1.54, 1.807) is 0 Å². The molecule has 0 amide bonds. The maximum atomic E-state index is 3.01. The monoisotopic (exact) mass is 436 g/mol. The summed E-state index contributed by atoms with van der Waals surface area (Å²) in [5.41, 5.74) is 0. The molecule has 0 bridgehead atoms. The maximum Gasteiger partial charge on any atom is 0.0351 e. The quantitative estimate of drug-likeness (QED) is 0.407. The van der Waals surface area contributed by atoms with Gasteiger partial charge in [0.1, 0.15) is 0 Å². The summed E-state index contributed by atoms with van der Waals surface area (Å²) in [6.07, 6.45) is 0. The molecule has 0 aliphatic rings. The molecule has 0 saturated heterocycles. The van der Waals surface area contributed by atoms with E-state index in [-0.39, 0.29) is 0 Å². The van der Waals surface area contributed by atoms with Crippen LogP contribution in [0.3, 0.4) is 0 Å². The fourth-order valence-electron chi connectivity index (χ4n) is 4.59. The molecule has 0 aromatic carbocycles. The molecular weight excluding hydrogens is 389 g/mol. The summed E-state index contributed by atoms with van der Waals surface area (Å²) in [6.45, 7) is 43.6. The molecule has 7 heteroatoms. The third-order valence-corrected chi connectivity index (χ3v) is 165. The molecule has 0 N–H and O–H groups in total. The Kier molecular flexibility index (Phi) is 6.71. The van der Waals surface area contributed by atoms with Crippen LogP contribution in [0.25, 0.3) is 0 Å². The van der Waals surface area contributed by atoms with Gasteiger partial charge >= 0.3 is 0 Å². The van der Waals surface area contributed by atoms with Crippen LogP contribution in [-0.4, -0.2) is 50.7 Å². The molecule has 0 aromatic heterocycles. The van der Waals surface area contributed by atoms with E-state index < -0.39 is 50.7 Å². The first kappa shape index (κ1) is 24.5. The van der Waals surface area contributed by atoms with Gasteiger partial charge < -0.3 is 0 Å². The first-order valence-corrected chi connectivity index (χ1v) is 37.5. The predicted molar refractivity (Wildman–Crippen MR) is 134 cm³/mol. The Hall–Kier alpha value is 1.52. The maximum absolute atomic E-state index is 3.01. The van der Waals surface area contributed by atoms with Gasteiger partial charge in [-0.2, -0.15) is 0 Å². The minimum absolute atomic E-state index is 1.08. The Morgan fingerprint density at radius 2 is 0.391 bits per heavy atom. The molecule has 0 nitrogen and oxygen atoms in total. The van der Waals surface area contributed by atoms with Crippen LogP contribution in [0.5, 0.6) is 0 Å². The highest BCUT2D eigenvalue weighted by molar-refractivity contribution is 8.09. The third-order valence-electron chi connectivity index (χ3n) is 9.38. The van der Waals surface area contributed by atoms with Crippen molar-refractivity contribution >= 4 is 50.7 Å². The molecule has 140 valence electrons. The standard InChI is InChI=1S/C16H48Si7/c1-17(2,3)20(10,11)23(16,21(12,13)18(4,5)6)22(14,15)19(7,8)9/h1-16H3. The molecule has 0 aromatic rings. The Morgan fingerprint density at radius 3 is 0.478 bits per heavy atom. The molecular formula is C16H48Si7. The molecule has 23 heavy (non-hydrogen) atoms. The van der Waals surface area contributed by atoms with Gasteiger partial charge in [0.2, 0.25) is 0 Å². The summed E-state index contributed by atoms with van der Waals surface area (Å²) in [4.78, 5) is 0. The predicted octanol–water partition coefficient (Wildman–Crippen LogP) is 6.68. The molecule has 0 saturated carbocycles. The van der Waals surface area contributed by atoms with E-state index >= 15 is 0 Å². The molecule has 0 fully saturated rings. The normalized spacial score (nSPS) is 16.7. The zero-order valence-electron chi connectivity index (χ0n) is 19.5. The van der Waals surface area contributed by atoms with Crippen LogP contribution in [0.4, 0.5) is 0 Å². The topological polar surface area (TPSA) is 0 Å². The SMILES string of the molecule is C[Si](C)(C)[Si](C)(C)[Si](C)([Si](C)(C)[Si](C)(C)C)[Si](C)(C)[Si](C)(C)C. The van der Waals surface area contributed by atoms with Gasteiger partial charge in [-0.25, -0.2) is 0 Å². The zero-order chi connectivity index (χ0) is 19.5. The fraction of sp³-hybridized carbons (Fsp3) is 1.00. The molecule has 0 rings (SSSR count). The number of hydrogen-bond acceptors (Lipinski definition) is 0. The molecule has 0 atom stereocenters. The van der Waals surface area contributed by atoms with Gasteiger partial charge in [0.25, 0.3) is 0 Å². The van der Waals surface area contributed by atoms with Crippen LogP contribution in [-0.2, 0) is 0 Å². The second kappa shape index (κ2) is 6.30. The highest BCUT2D eigenvalue weighted by Gasteiger charge is 2.70. The van der Waals surface area contributed by atoms with E-state index in [0.29, 0.717) is 0 Å². The highest BCUT2D eigenvalue weighted by atomic mass is 30.2. The van der Waals surface area contributed by atoms with Crippen molar-refractivity contribution in [3.05, 3.63) is 0 Å². The average Bonchev–Trinajstić information content (AvgIpc) is 2.22. The van der Waals surface area contributed by atoms with Gasteiger partial charge in [0.05, 0.1) is 0 Å². The first-order valence-electron chi connectivity index (χ1n) is 9.50. The highest BCUT2D eigenvalue weighted by Crippen LogP contribution is 2.46. The van der Waals surface area contributed by atoms with E-state index in [1.165, 1.54) is 0 Å². The average molecular weight is 437 g/mol. The van der Waals surface area contributed by atoms with Crippen molar-refractivity contribution in [2.24, 2.45) is 0 Å². The lowest BCUT2D eigenvalue weighted by atomic mass is 11.8. The molecule has 0 aliphatic heterocycles. The van der Waals surface area contributed by atoms with Crippen molar-refractivity contribution in [3.8, 4) is 0 Å². The van der Waals surface area contributed by atoms with Crippen LogP contribution in [0.1, 0.15) is 0 Å². The zero-order valence-corrected chi connectivity index (χ0v) is 26.5. The second-order valence-electron chi connectivity index (χ2n) is 12.8. The van der Waals surface area contributed by atoms with Crippen LogP contribution >= 0.6 is 0 Å². The number of rotatable bonds is 6. The molecule has 0 aliphatic carbocycles. The lowest BCUT2D eigenvalue weighted by Crippen LogP contribution is -2.95. The first-order chi connectivity index (χ1) is 9.50. The van der Waals surface area contributed by atoms with E-state index in [9.17, 15) is 0 Å². The van der Waals surface area contributed by atoms with Crippen LogP contribution in [0, 0.1) is 0 Å². The fourth-order valence-corrected chi connectivity index (χ4v) is 246. The van der Waals surface area contributed by atoms with Crippen molar-refractivity contribution in [2.75, 3.05) is 0 Å². The summed E-state index contributed by atoms with van der Waals surface area (Å²) < 4.78 is 0. The van der Waals surface area contributed by atoms with Gasteiger partial charge in [-0.05, 0) is 0 Å². The Morgan fingerprint density at radius 1 is 0.261 bits per heavy atom. The van der Waals surface area contributed by atoms with E-state index in [4.69, 9.17) is 0 Å². The molecule has 0 spiro atoms. The summed E-state index contributed by atoms with van der Waals surface area (Å²) in [7, 11) is -6.78. The summed E-state index contributed by atoms with van der Waals surface area (Å²) >= 11 is 0. The summed E-state index contributed by atoms with van der Waals surface area (Å²) in [6, 6.07) is 0. The van der Waals surface area contributed by atoms with Crippen molar-refractivity contribution in [2.45, 2.75) is 105 Å². The van der Waals surface area contributed by atoms with E-state index in [1.807, 2.05) is 0 Å². The largest absolute Gasteiger partial charge is 0.0752 e. The summed E-state index contributed by atoms with van der Waals surface area (Å²) in [5.74, 6) is 0. The minimum Gasteiger partial charge on any atom is -0.0752 e. The second-order valence-corrected chi connectivity index (χ2v) is 92.2. The molecule has 0 unspecified atom stereocenters. The van der Waals surface area contributed by atoms with Crippen molar-refractivity contribution in [1.82, 2.24) is 0 Å². The van der Waals surface area contributed by atoms with Crippen molar-refractivity contribution in [1.29, 1.82) is 0 Å². The third kappa shape index (κ3) is 3.53. The Bertz CT molecular complexity index is 366.